The lowest BCUT2D eigenvalue weighted by molar-refractivity contribution is 0.347. The van der Waals surface area contributed by atoms with Crippen LogP contribution in [0.4, 0.5) is 0 Å². The van der Waals surface area contributed by atoms with Gasteiger partial charge < -0.3 is 19.9 Å². The Hall–Kier alpha value is -1.79. The van der Waals surface area contributed by atoms with Crippen LogP contribution >= 0.6 is 11.3 Å². The standard InChI is InChI=1S/C14H18N2O3S/c1-8-7-16-14(20-8)13(15)9-5-11(18-3)12(19-4)6-10(9)17-2/h5-7,13H,15H2,1-4H3. The second-order valence-electron chi connectivity index (χ2n) is 4.24. The van der Waals surface area contributed by atoms with Crippen molar-refractivity contribution in [1.29, 1.82) is 0 Å². The third-order valence-corrected chi connectivity index (χ3v) is 3.97. The van der Waals surface area contributed by atoms with Crippen molar-refractivity contribution in [2.24, 2.45) is 5.73 Å². The van der Waals surface area contributed by atoms with Crippen molar-refractivity contribution in [2.75, 3.05) is 21.3 Å². The largest absolute Gasteiger partial charge is 0.496 e. The van der Waals surface area contributed by atoms with Crippen molar-refractivity contribution in [1.82, 2.24) is 4.98 Å². The third-order valence-electron chi connectivity index (χ3n) is 2.98. The monoisotopic (exact) mass is 294 g/mol. The predicted molar refractivity (Wildman–Crippen MR) is 79.0 cm³/mol. The molecule has 0 bridgehead atoms. The molecule has 1 heterocycles. The molecular formula is C14H18N2O3S. The molecule has 0 saturated heterocycles. The van der Waals surface area contributed by atoms with E-state index in [-0.39, 0.29) is 6.04 Å². The summed E-state index contributed by atoms with van der Waals surface area (Å²) < 4.78 is 16.0. The van der Waals surface area contributed by atoms with E-state index in [1.807, 2.05) is 19.2 Å². The number of nitrogens with zero attached hydrogens (tertiary/aromatic N) is 1. The Morgan fingerprint density at radius 2 is 1.65 bits per heavy atom. The van der Waals surface area contributed by atoms with E-state index in [0.29, 0.717) is 17.2 Å². The van der Waals surface area contributed by atoms with Crippen LogP contribution in [0.3, 0.4) is 0 Å². The van der Waals surface area contributed by atoms with E-state index in [4.69, 9.17) is 19.9 Å². The molecule has 2 rings (SSSR count). The van der Waals surface area contributed by atoms with Crippen molar-refractivity contribution in [3.05, 3.63) is 33.8 Å². The molecule has 2 N–H and O–H groups in total. The van der Waals surface area contributed by atoms with Crippen molar-refractivity contribution in [2.45, 2.75) is 13.0 Å². The second-order valence-corrected chi connectivity index (χ2v) is 5.50. The summed E-state index contributed by atoms with van der Waals surface area (Å²) in [5.41, 5.74) is 7.11. The summed E-state index contributed by atoms with van der Waals surface area (Å²) in [6, 6.07) is 3.25. The van der Waals surface area contributed by atoms with Crippen LogP contribution in [-0.4, -0.2) is 26.3 Å². The molecule has 0 aliphatic rings. The number of aryl methyl sites for hydroxylation is 1. The average Bonchev–Trinajstić information content (AvgIpc) is 2.91. The van der Waals surface area contributed by atoms with Gasteiger partial charge in [0, 0.05) is 22.7 Å². The number of aromatic nitrogens is 1. The predicted octanol–water partition coefficient (Wildman–Crippen LogP) is 2.53. The quantitative estimate of drug-likeness (QED) is 0.918. The average molecular weight is 294 g/mol. The lowest BCUT2D eigenvalue weighted by Crippen LogP contribution is -2.13. The fourth-order valence-electron chi connectivity index (χ4n) is 1.94. The minimum Gasteiger partial charge on any atom is -0.496 e. The van der Waals surface area contributed by atoms with Crippen molar-refractivity contribution in [3.8, 4) is 17.2 Å². The van der Waals surface area contributed by atoms with Crippen LogP contribution in [0.25, 0.3) is 0 Å². The Labute approximate surface area is 122 Å². The molecule has 0 radical (unpaired) electrons. The normalized spacial score (nSPS) is 12.1. The number of hydrogen-bond acceptors (Lipinski definition) is 6. The molecule has 5 nitrogen and oxygen atoms in total. The van der Waals surface area contributed by atoms with Gasteiger partial charge in [-0.25, -0.2) is 4.98 Å². The molecule has 1 aromatic heterocycles. The van der Waals surface area contributed by atoms with Gasteiger partial charge in [0.1, 0.15) is 10.8 Å². The Morgan fingerprint density at radius 3 is 2.15 bits per heavy atom. The lowest BCUT2D eigenvalue weighted by Gasteiger charge is -2.17. The maximum atomic E-state index is 6.29. The van der Waals surface area contributed by atoms with Gasteiger partial charge in [0.05, 0.1) is 27.4 Å². The molecule has 2 aromatic rings. The highest BCUT2D eigenvalue weighted by atomic mass is 32.1. The topological polar surface area (TPSA) is 66.6 Å². The molecule has 1 unspecified atom stereocenters. The first-order valence-electron chi connectivity index (χ1n) is 6.08. The molecular weight excluding hydrogens is 276 g/mol. The van der Waals surface area contributed by atoms with Crippen LogP contribution < -0.4 is 19.9 Å². The van der Waals surface area contributed by atoms with E-state index < -0.39 is 0 Å². The smallest absolute Gasteiger partial charge is 0.164 e. The Balaban J connectivity index is 2.49. The molecule has 20 heavy (non-hydrogen) atoms. The van der Waals surface area contributed by atoms with Crippen molar-refractivity contribution < 1.29 is 14.2 Å². The zero-order valence-electron chi connectivity index (χ0n) is 12.0. The zero-order valence-corrected chi connectivity index (χ0v) is 12.8. The summed E-state index contributed by atoms with van der Waals surface area (Å²) in [6.07, 6.45) is 1.81. The SMILES string of the molecule is COc1cc(OC)c(C(N)c2ncc(C)s2)cc1OC. The number of nitrogens with two attached hydrogens (primary N) is 1. The molecule has 0 aliphatic heterocycles. The number of ether oxygens (including phenoxy) is 3. The molecule has 0 spiro atoms. The van der Waals surface area contributed by atoms with Gasteiger partial charge in [-0.05, 0) is 13.0 Å². The van der Waals surface area contributed by atoms with Crippen molar-refractivity contribution >= 4 is 11.3 Å². The van der Waals surface area contributed by atoms with Crippen LogP contribution in [0.2, 0.25) is 0 Å². The molecule has 1 atom stereocenters. The zero-order chi connectivity index (χ0) is 14.7. The van der Waals surface area contributed by atoms with Crippen molar-refractivity contribution in [3.63, 3.8) is 0 Å². The van der Waals surface area contributed by atoms with E-state index in [0.717, 1.165) is 15.4 Å². The lowest BCUT2D eigenvalue weighted by atomic mass is 10.1. The van der Waals surface area contributed by atoms with E-state index in [1.165, 1.54) is 0 Å². The maximum Gasteiger partial charge on any atom is 0.164 e. The highest BCUT2D eigenvalue weighted by molar-refractivity contribution is 7.11. The van der Waals surface area contributed by atoms with E-state index >= 15 is 0 Å². The number of hydrogen-bond donors (Lipinski definition) is 1. The molecule has 0 amide bonds. The third kappa shape index (κ3) is 2.71. The van der Waals surface area contributed by atoms with Crippen LogP contribution in [-0.2, 0) is 0 Å². The van der Waals surface area contributed by atoms with Gasteiger partial charge in [0.15, 0.2) is 11.5 Å². The van der Waals surface area contributed by atoms with Gasteiger partial charge in [-0.15, -0.1) is 11.3 Å². The minimum atomic E-state index is -0.358. The van der Waals surface area contributed by atoms with E-state index in [1.54, 1.807) is 38.7 Å². The summed E-state index contributed by atoms with van der Waals surface area (Å²) in [6.45, 7) is 2.00. The van der Waals surface area contributed by atoms with Crippen LogP contribution in [0.5, 0.6) is 17.2 Å². The molecule has 108 valence electrons. The highest BCUT2D eigenvalue weighted by Gasteiger charge is 2.20. The summed E-state index contributed by atoms with van der Waals surface area (Å²) in [5, 5.41) is 0.841. The van der Waals surface area contributed by atoms with E-state index in [2.05, 4.69) is 4.98 Å². The fourth-order valence-corrected chi connectivity index (χ4v) is 2.74. The highest BCUT2D eigenvalue weighted by Crippen LogP contribution is 2.39. The first kappa shape index (κ1) is 14.6. The Bertz CT molecular complexity index is 598. The maximum absolute atomic E-state index is 6.29. The van der Waals surface area contributed by atoms with Crippen LogP contribution in [0, 0.1) is 6.92 Å². The Morgan fingerprint density at radius 1 is 1.05 bits per heavy atom. The van der Waals surface area contributed by atoms with Gasteiger partial charge in [0.2, 0.25) is 0 Å². The summed E-state index contributed by atoms with van der Waals surface area (Å²) in [5.74, 6) is 1.88. The number of rotatable bonds is 5. The van der Waals surface area contributed by atoms with Crippen LogP contribution in [0.15, 0.2) is 18.3 Å². The van der Waals surface area contributed by atoms with Gasteiger partial charge in [-0.3, -0.25) is 0 Å². The van der Waals surface area contributed by atoms with Gasteiger partial charge in [-0.1, -0.05) is 0 Å². The molecule has 1 aromatic carbocycles. The van der Waals surface area contributed by atoms with Gasteiger partial charge in [0.25, 0.3) is 0 Å². The molecule has 0 saturated carbocycles. The Kier molecular flexibility index (Phi) is 4.46. The second kappa shape index (κ2) is 6.11. The summed E-state index contributed by atoms with van der Waals surface area (Å²) in [4.78, 5) is 5.45. The van der Waals surface area contributed by atoms with Gasteiger partial charge >= 0.3 is 0 Å². The number of benzene rings is 1. The molecule has 0 fully saturated rings. The summed E-state index contributed by atoms with van der Waals surface area (Å²) in [7, 11) is 4.78. The van der Waals surface area contributed by atoms with Crippen LogP contribution in [0.1, 0.15) is 21.5 Å². The first-order valence-corrected chi connectivity index (χ1v) is 6.90. The minimum absolute atomic E-state index is 0.358. The van der Waals surface area contributed by atoms with E-state index in [9.17, 15) is 0 Å². The van der Waals surface area contributed by atoms with Gasteiger partial charge in [-0.2, -0.15) is 0 Å². The first-order chi connectivity index (χ1) is 9.60. The molecule has 6 heteroatoms. The molecule has 0 aliphatic carbocycles. The number of methoxy groups -OCH3 is 3. The number of thiazole rings is 1. The fraction of sp³-hybridized carbons (Fsp3) is 0.357. The summed E-state index contributed by atoms with van der Waals surface area (Å²) >= 11 is 1.57.